The van der Waals surface area contributed by atoms with Crippen molar-refractivity contribution in [1.82, 2.24) is 9.97 Å². The quantitative estimate of drug-likeness (QED) is 0.181. The molecule has 0 aliphatic carbocycles. The van der Waals surface area contributed by atoms with Crippen molar-refractivity contribution in [2.75, 3.05) is 11.9 Å². The van der Waals surface area contributed by atoms with E-state index in [0.29, 0.717) is 22.3 Å². The summed E-state index contributed by atoms with van der Waals surface area (Å²) in [7, 11) is 0. The van der Waals surface area contributed by atoms with Gasteiger partial charge in [0.25, 0.3) is 5.91 Å². The standard InChI is InChI=1S/C35H30N4O5S/c1-6-43-35(42)31-21(4)26(18-36)33(45-31)39-32(40)22(5)44-34(41)25-15-16-27-28(17-25)38-30(24-13-9-20(3)10-14-24)29(37-27)23-11-7-19(2)8-12-23/h7-17,22H,6H2,1-5H3,(H,39,40). The van der Waals surface area contributed by atoms with Gasteiger partial charge in [0, 0.05) is 11.1 Å². The summed E-state index contributed by atoms with van der Waals surface area (Å²) in [5, 5.41) is 12.4. The first-order valence-corrected chi connectivity index (χ1v) is 15.1. The Kier molecular flexibility index (Phi) is 9.02. The van der Waals surface area contributed by atoms with E-state index in [1.807, 2.05) is 68.4 Å². The zero-order valence-electron chi connectivity index (χ0n) is 25.4. The van der Waals surface area contributed by atoms with Crippen LogP contribution >= 0.6 is 11.3 Å². The SMILES string of the molecule is CCOC(=O)c1sc(NC(=O)C(C)OC(=O)c2ccc3nc(-c4ccc(C)cc4)c(-c4ccc(C)cc4)nc3c2)c(C#N)c1C. The highest BCUT2D eigenvalue weighted by Gasteiger charge is 2.26. The average Bonchev–Trinajstić information content (AvgIpc) is 3.35. The predicted molar refractivity (Wildman–Crippen MR) is 173 cm³/mol. The Balaban J connectivity index is 1.40. The number of aromatic nitrogens is 2. The fraction of sp³-hybridized carbons (Fsp3) is 0.200. The summed E-state index contributed by atoms with van der Waals surface area (Å²) in [5.41, 5.74) is 7.29. The molecule has 45 heavy (non-hydrogen) atoms. The highest BCUT2D eigenvalue weighted by Crippen LogP contribution is 2.34. The van der Waals surface area contributed by atoms with Gasteiger partial charge in [0.15, 0.2) is 6.10 Å². The highest BCUT2D eigenvalue weighted by atomic mass is 32.1. The third kappa shape index (κ3) is 6.59. The second kappa shape index (κ2) is 13.1. The maximum Gasteiger partial charge on any atom is 0.348 e. The molecular formula is C35H30N4O5S. The van der Waals surface area contributed by atoms with Crippen LogP contribution < -0.4 is 5.32 Å². The number of hydrogen-bond acceptors (Lipinski definition) is 9. The van der Waals surface area contributed by atoms with Crippen molar-refractivity contribution in [1.29, 1.82) is 5.26 Å². The molecule has 226 valence electrons. The average molecular weight is 619 g/mol. The van der Waals surface area contributed by atoms with Gasteiger partial charge >= 0.3 is 11.9 Å². The van der Waals surface area contributed by atoms with Crippen molar-refractivity contribution in [3.8, 4) is 28.6 Å². The van der Waals surface area contributed by atoms with Crippen molar-refractivity contribution in [2.45, 2.75) is 40.7 Å². The molecule has 10 heteroatoms. The maximum absolute atomic E-state index is 13.1. The number of fused-ring (bicyclic) bond motifs is 1. The molecule has 0 aliphatic rings. The lowest BCUT2D eigenvalue weighted by molar-refractivity contribution is -0.123. The number of thiophene rings is 1. The minimum absolute atomic E-state index is 0.150. The van der Waals surface area contributed by atoms with E-state index in [2.05, 4.69) is 5.32 Å². The Labute approximate surface area is 264 Å². The lowest BCUT2D eigenvalue weighted by Gasteiger charge is -2.14. The van der Waals surface area contributed by atoms with Gasteiger partial charge in [-0.05, 0) is 58.4 Å². The molecule has 0 saturated carbocycles. The van der Waals surface area contributed by atoms with Crippen molar-refractivity contribution < 1.29 is 23.9 Å². The lowest BCUT2D eigenvalue weighted by Crippen LogP contribution is -2.30. The number of nitrogens with one attached hydrogen (secondary N) is 1. The van der Waals surface area contributed by atoms with E-state index >= 15 is 0 Å². The van der Waals surface area contributed by atoms with E-state index in [0.717, 1.165) is 39.3 Å². The summed E-state index contributed by atoms with van der Waals surface area (Å²) in [4.78, 5) is 48.5. The summed E-state index contributed by atoms with van der Waals surface area (Å²) >= 11 is 0.937. The molecule has 0 radical (unpaired) electrons. The number of carbonyl (C=O) groups excluding carboxylic acids is 3. The Hall–Kier alpha value is -5.40. The highest BCUT2D eigenvalue weighted by molar-refractivity contribution is 7.18. The number of esters is 2. The summed E-state index contributed by atoms with van der Waals surface area (Å²) < 4.78 is 10.5. The summed E-state index contributed by atoms with van der Waals surface area (Å²) in [6.07, 6.45) is -1.20. The summed E-state index contributed by atoms with van der Waals surface area (Å²) in [5.74, 6) is -1.95. The molecule has 1 N–H and O–H groups in total. The molecule has 1 atom stereocenters. The number of carbonyl (C=O) groups is 3. The van der Waals surface area contributed by atoms with E-state index in [-0.39, 0.29) is 27.6 Å². The summed E-state index contributed by atoms with van der Waals surface area (Å²) in [6, 6.07) is 22.9. The maximum atomic E-state index is 13.1. The van der Waals surface area contributed by atoms with E-state index in [4.69, 9.17) is 19.4 Å². The van der Waals surface area contributed by atoms with Gasteiger partial charge in [-0.15, -0.1) is 11.3 Å². The molecule has 0 spiro atoms. The number of anilines is 1. The Bertz CT molecular complexity index is 1980. The largest absolute Gasteiger partial charge is 0.462 e. The lowest BCUT2D eigenvalue weighted by atomic mass is 10.0. The fourth-order valence-electron chi connectivity index (χ4n) is 4.63. The summed E-state index contributed by atoms with van der Waals surface area (Å²) in [6.45, 7) is 8.93. The van der Waals surface area contributed by atoms with Crippen LogP contribution in [0.25, 0.3) is 33.5 Å². The number of hydrogen-bond donors (Lipinski definition) is 1. The fourth-order valence-corrected chi connectivity index (χ4v) is 5.68. The van der Waals surface area contributed by atoms with Crippen LogP contribution in [0.5, 0.6) is 0 Å². The van der Waals surface area contributed by atoms with Gasteiger partial charge in [-0.3, -0.25) is 4.79 Å². The molecule has 0 fully saturated rings. The third-order valence-electron chi connectivity index (χ3n) is 7.16. The van der Waals surface area contributed by atoms with Gasteiger partial charge in [-0.1, -0.05) is 59.7 Å². The number of nitriles is 1. The minimum Gasteiger partial charge on any atom is -0.462 e. The third-order valence-corrected chi connectivity index (χ3v) is 8.35. The van der Waals surface area contributed by atoms with Gasteiger partial charge < -0.3 is 14.8 Å². The van der Waals surface area contributed by atoms with Crippen LogP contribution in [0, 0.1) is 32.1 Å². The van der Waals surface area contributed by atoms with Crippen molar-refractivity contribution in [3.05, 3.63) is 99.4 Å². The molecule has 1 unspecified atom stereocenters. The molecule has 2 aromatic heterocycles. The van der Waals surface area contributed by atoms with Crippen LogP contribution in [0.2, 0.25) is 0 Å². The number of amides is 1. The van der Waals surface area contributed by atoms with Gasteiger partial charge in [0.2, 0.25) is 0 Å². The smallest absolute Gasteiger partial charge is 0.348 e. The minimum atomic E-state index is -1.20. The van der Waals surface area contributed by atoms with E-state index < -0.39 is 23.9 Å². The number of ether oxygens (including phenoxy) is 2. The van der Waals surface area contributed by atoms with Crippen LogP contribution in [-0.4, -0.2) is 40.5 Å². The molecule has 9 nitrogen and oxygen atoms in total. The van der Waals surface area contributed by atoms with Crippen molar-refractivity contribution in [2.24, 2.45) is 0 Å². The molecule has 5 rings (SSSR count). The molecule has 0 saturated heterocycles. The van der Waals surface area contributed by atoms with Gasteiger partial charge in [-0.25, -0.2) is 19.6 Å². The molecule has 0 aliphatic heterocycles. The monoisotopic (exact) mass is 618 g/mol. The molecule has 5 aromatic rings. The van der Waals surface area contributed by atoms with Crippen LogP contribution in [0.15, 0.2) is 66.7 Å². The second-order valence-corrected chi connectivity index (χ2v) is 11.5. The Morgan fingerprint density at radius 2 is 1.44 bits per heavy atom. The topological polar surface area (TPSA) is 131 Å². The predicted octanol–water partition coefficient (Wildman–Crippen LogP) is 7.18. The normalized spacial score (nSPS) is 11.5. The Morgan fingerprint density at radius 3 is 2.00 bits per heavy atom. The number of nitrogens with zero attached hydrogens (tertiary/aromatic N) is 3. The molecular weight excluding hydrogens is 588 g/mol. The van der Waals surface area contributed by atoms with Gasteiger partial charge in [-0.2, -0.15) is 5.26 Å². The first kappa shape index (κ1) is 31.0. The van der Waals surface area contributed by atoms with Crippen LogP contribution in [-0.2, 0) is 14.3 Å². The second-order valence-electron chi connectivity index (χ2n) is 10.5. The van der Waals surface area contributed by atoms with Crippen LogP contribution in [0.4, 0.5) is 5.00 Å². The molecule has 2 heterocycles. The number of rotatable bonds is 8. The van der Waals surface area contributed by atoms with Gasteiger partial charge in [0.05, 0.1) is 40.2 Å². The molecule has 3 aromatic carbocycles. The van der Waals surface area contributed by atoms with E-state index in [9.17, 15) is 19.6 Å². The number of aryl methyl sites for hydroxylation is 2. The van der Waals surface area contributed by atoms with Crippen molar-refractivity contribution in [3.63, 3.8) is 0 Å². The Morgan fingerprint density at radius 1 is 0.867 bits per heavy atom. The van der Waals surface area contributed by atoms with Crippen molar-refractivity contribution >= 4 is 45.2 Å². The van der Waals surface area contributed by atoms with Gasteiger partial charge in [0.1, 0.15) is 15.9 Å². The van der Waals surface area contributed by atoms with E-state index in [1.165, 1.54) is 6.92 Å². The van der Waals surface area contributed by atoms with Crippen LogP contribution in [0.3, 0.4) is 0 Å². The zero-order valence-corrected chi connectivity index (χ0v) is 26.2. The number of benzene rings is 3. The molecule has 1 amide bonds. The zero-order chi connectivity index (χ0) is 32.2. The first-order chi connectivity index (χ1) is 21.6. The van der Waals surface area contributed by atoms with Crippen LogP contribution in [0.1, 0.15) is 56.1 Å². The molecule has 0 bridgehead atoms. The first-order valence-electron chi connectivity index (χ1n) is 14.3. The van der Waals surface area contributed by atoms with E-state index in [1.54, 1.807) is 32.0 Å².